The van der Waals surface area contributed by atoms with E-state index in [1.54, 1.807) is 20.8 Å². The van der Waals surface area contributed by atoms with Crippen LogP contribution in [0.5, 0.6) is 0 Å². The zero-order valence-electron chi connectivity index (χ0n) is 14.2. The lowest BCUT2D eigenvalue weighted by atomic mass is 10.1. The Hall–Kier alpha value is -2.81. The number of aromatic nitrogens is 4. The van der Waals surface area contributed by atoms with Crippen LogP contribution in [0.4, 0.5) is 0 Å². The number of carbonyl (C=O) groups excluding carboxylic acids is 2. The number of esters is 1. The van der Waals surface area contributed by atoms with Crippen molar-refractivity contribution in [3.63, 3.8) is 0 Å². The number of Topliss-reactive ketones (excluding diaryl/α,β-unsaturated/α-hetero) is 1. The highest BCUT2D eigenvalue weighted by Crippen LogP contribution is 2.20. The minimum atomic E-state index is -0.580. The van der Waals surface area contributed by atoms with Gasteiger partial charge in [-0.3, -0.25) is 9.59 Å². The van der Waals surface area contributed by atoms with Crippen LogP contribution in [-0.2, 0) is 11.3 Å². The highest BCUT2D eigenvalue weighted by molar-refractivity contribution is 7.16. The normalized spacial score (nSPS) is 11.0. The molecule has 130 valence electrons. The van der Waals surface area contributed by atoms with E-state index in [0.717, 1.165) is 0 Å². The van der Waals surface area contributed by atoms with Gasteiger partial charge in [-0.15, -0.1) is 0 Å². The molecule has 8 nitrogen and oxygen atoms in total. The number of nitrogens with one attached hydrogen (secondary N) is 1. The van der Waals surface area contributed by atoms with Crippen LogP contribution >= 0.6 is 11.3 Å². The van der Waals surface area contributed by atoms with E-state index in [9.17, 15) is 14.4 Å². The number of hydrogen-bond acceptors (Lipinski definition) is 7. The van der Waals surface area contributed by atoms with Gasteiger partial charge in [0.15, 0.2) is 10.8 Å². The van der Waals surface area contributed by atoms with Crippen LogP contribution in [0.2, 0.25) is 0 Å². The summed E-state index contributed by atoms with van der Waals surface area (Å²) >= 11 is 1.18. The third kappa shape index (κ3) is 3.10. The summed E-state index contributed by atoms with van der Waals surface area (Å²) in [5, 5.41) is 4.57. The number of rotatable bonds is 4. The van der Waals surface area contributed by atoms with Crippen molar-refractivity contribution in [2.75, 3.05) is 0 Å². The summed E-state index contributed by atoms with van der Waals surface area (Å²) in [6, 6.07) is 1.39. The monoisotopic (exact) mass is 360 g/mol. The zero-order valence-corrected chi connectivity index (χ0v) is 15.0. The predicted molar refractivity (Wildman–Crippen MR) is 91.3 cm³/mol. The first-order chi connectivity index (χ1) is 11.8. The lowest BCUT2D eigenvalue weighted by Crippen LogP contribution is -2.14. The molecule has 0 aromatic carbocycles. The zero-order chi connectivity index (χ0) is 18.3. The summed E-state index contributed by atoms with van der Waals surface area (Å²) in [4.78, 5) is 43.3. The third-order valence-corrected chi connectivity index (χ3v) is 4.62. The first-order valence-corrected chi connectivity index (χ1v) is 8.33. The first-order valence-electron chi connectivity index (χ1n) is 7.51. The fraction of sp³-hybridized carbons (Fsp3) is 0.312. The Morgan fingerprint density at radius 2 is 2.04 bits per heavy atom. The molecule has 3 heterocycles. The maximum Gasteiger partial charge on any atom is 0.355 e. The number of hydrogen-bond donors (Lipinski definition) is 1. The van der Waals surface area contributed by atoms with E-state index >= 15 is 0 Å². The first kappa shape index (κ1) is 17.0. The largest absolute Gasteiger partial charge is 0.454 e. The van der Waals surface area contributed by atoms with Gasteiger partial charge in [0.05, 0.1) is 0 Å². The highest BCUT2D eigenvalue weighted by atomic mass is 32.1. The van der Waals surface area contributed by atoms with Gasteiger partial charge in [-0.05, 0) is 33.3 Å². The average molecular weight is 360 g/mol. The molecule has 3 aromatic rings. The summed E-state index contributed by atoms with van der Waals surface area (Å²) < 4.78 is 6.45. The summed E-state index contributed by atoms with van der Waals surface area (Å²) in [5.41, 5.74) is 2.26. The summed E-state index contributed by atoms with van der Waals surface area (Å²) in [6.45, 7) is 6.52. The molecule has 0 radical (unpaired) electrons. The van der Waals surface area contributed by atoms with Crippen molar-refractivity contribution in [1.29, 1.82) is 0 Å². The van der Waals surface area contributed by atoms with Gasteiger partial charge in [0.2, 0.25) is 4.96 Å². The minimum Gasteiger partial charge on any atom is -0.454 e. The van der Waals surface area contributed by atoms with Gasteiger partial charge in [0.1, 0.15) is 12.3 Å². The van der Waals surface area contributed by atoms with Crippen molar-refractivity contribution < 1.29 is 14.3 Å². The standard InChI is InChI=1S/C16H16N4O4S/c1-7-5-12(22)20-16(17-7)25-11(19-20)6-24-15(23)14-8(2)13(10(4)21)9(3)18-14/h5,18H,6H2,1-4H3. The van der Waals surface area contributed by atoms with Gasteiger partial charge in [-0.25, -0.2) is 9.78 Å². The van der Waals surface area contributed by atoms with E-state index in [4.69, 9.17) is 4.74 Å². The van der Waals surface area contributed by atoms with Crippen LogP contribution in [0.25, 0.3) is 4.96 Å². The number of ketones is 1. The van der Waals surface area contributed by atoms with Crippen molar-refractivity contribution >= 4 is 28.1 Å². The molecule has 0 saturated heterocycles. The molecule has 0 bridgehead atoms. The van der Waals surface area contributed by atoms with E-state index in [1.807, 2.05) is 0 Å². The Morgan fingerprint density at radius 3 is 2.68 bits per heavy atom. The Balaban J connectivity index is 1.81. The van der Waals surface area contributed by atoms with E-state index in [1.165, 1.54) is 28.8 Å². The Bertz CT molecular complexity index is 1060. The molecule has 9 heteroatoms. The Labute approximate surface area is 146 Å². The number of H-pyrrole nitrogens is 1. The van der Waals surface area contributed by atoms with Crippen LogP contribution in [0, 0.1) is 20.8 Å². The molecule has 0 atom stereocenters. The molecule has 3 aromatic heterocycles. The molecular weight excluding hydrogens is 344 g/mol. The van der Waals surface area contributed by atoms with Crippen LogP contribution in [0.15, 0.2) is 10.9 Å². The summed E-state index contributed by atoms with van der Waals surface area (Å²) in [5.74, 6) is -0.693. The molecule has 0 fully saturated rings. The number of fused-ring (bicyclic) bond motifs is 1. The molecule has 0 amide bonds. The van der Waals surface area contributed by atoms with Crippen LogP contribution in [0.1, 0.15) is 49.7 Å². The molecule has 0 aliphatic carbocycles. The molecule has 0 spiro atoms. The number of nitrogens with zero attached hydrogens (tertiary/aromatic N) is 3. The third-order valence-electron chi connectivity index (χ3n) is 3.74. The van der Waals surface area contributed by atoms with Crippen LogP contribution in [-0.4, -0.2) is 31.3 Å². The molecule has 0 saturated carbocycles. The van der Waals surface area contributed by atoms with E-state index in [0.29, 0.717) is 32.5 Å². The van der Waals surface area contributed by atoms with E-state index < -0.39 is 5.97 Å². The SMILES string of the molecule is CC(=O)c1c(C)[nH]c(C(=O)OCc2nn3c(=O)cc(C)nc3s2)c1C. The van der Waals surface area contributed by atoms with Crippen molar-refractivity contribution in [3.8, 4) is 0 Å². The molecule has 3 rings (SSSR count). The minimum absolute atomic E-state index is 0.0851. The van der Waals surface area contributed by atoms with Crippen molar-refractivity contribution in [2.24, 2.45) is 0 Å². The van der Waals surface area contributed by atoms with Crippen molar-refractivity contribution in [1.82, 2.24) is 19.6 Å². The fourth-order valence-corrected chi connectivity index (χ4v) is 3.56. The Morgan fingerprint density at radius 1 is 1.32 bits per heavy atom. The molecule has 1 N–H and O–H groups in total. The second-order valence-electron chi connectivity index (χ2n) is 5.68. The second-order valence-corrected chi connectivity index (χ2v) is 6.72. The maximum atomic E-state index is 12.3. The van der Waals surface area contributed by atoms with Gasteiger partial charge < -0.3 is 9.72 Å². The lowest BCUT2D eigenvalue weighted by Gasteiger charge is -2.02. The van der Waals surface area contributed by atoms with Gasteiger partial charge >= 0.3 is 5.97 Å². The van der Waals surface area contributed by atoms with Crippen molar-refractivity contribution in [2.45, 2.75) is 34.3 Å². The van der Waals surface area contributed by atoms with Gasteiger partial charge in [0, 0.05) is 23.0 Å². The average Bonchev–Trinajstić information content (AvgIpc) is 3.05. The number of aryl methyl sites for hydroxylation is 2. The summed E-state index contributed by atoms with van der Waals surface area (Å²) in [6.07, 6.45) is 0. The lowest BCUT2D eigenvalue weighted by molar-refractivity contribution is 0.0464. The molecule has 0 unspecified atom stereocenters. The summed E-state index contributed by atoms with van der Waals surface area (Å²) in [7, 11) is 0. The van der Waals surface area contributed by atoms with Gasteiger partial charge in [-0.1, -0.05) is 11.3 Å². The van der Waals surface area contributed by atoms with Gasteiger partial charge in [0.25, 0.3) is 5.56 Å². The predicted octanol–water partition coefficient (Wildman–Crippen LogP) is 1.96. The quantitative estimate of drug-likeness (QED) is 0.563. The van der Waals surface area contributed by atoms with Gasteiger partial charge in [-0.2, -0.15) is 9.61 Å². The maximum absolute atomic E-state index is 12.3. The van der Waals surface area contributed by atoms with E-state index in [2.05, 4.69) is 15.1 Å². The van der Waals surface area contributed by atoms with E-state index in [-0.39, 0.29) is 23.6 Å². The van der Waals surface area contributed by atoms with Crippen LogP contribution < -0.4 is 5.56 Å². The molecule has 0 aliphatic rings. The smallest absolute Gasteiger partial charge is 0.355 e. The topological polar surface area (TPSA) is 106 Å². The second kappa shape index (κ2) is 6.25. The Kier molecular flexibility index (Phi) is 4.25. The fourth-order valence-electron chi connectivity index (χ4n) is 2.70. The molecular formula is C16H16N4O4S. The molecule has 0 aliphatic heterocycles. The molecule has 25 heavy (non-hydrogen) atoms. The number of carbonyl (C=O) groups is 2. The van der Waals surface area contributed by atoms with Crippen molar-refractivity contribution in [3.05, 3.63) is 49.6 Å². The van der Waals surface area contributed by atoms with Crippen LogP contribution in [0.3, 0.4) is 0 Å². The number of aromatic amines is 1. The highest BCUT2D eigenvalue weighted by Gasteiger charge is 2.21. The number of ether oxygens (including phenoxy) is 1.